The first kappa shape index (κ1) is 30.3. The Kier molecular flexibility index (Phi) is 10.8. The Morgan fingerprint density at radius 2 is 1.95 bits per heavy atom. The topological polar surface area (TPSA) is 117 Å². The summed E-state index contributed by atoms with van der Waals surface area (Å²) in [5.74, 6) is 1.30. The van der Waals surface area contributed by atoms with E-state index in [1.54, 1.807) is 31.4 Å². The third kappa shape index (κ3) is 6.66. The van der Waals surface area contributed by atoms with Gasteiger partial charge in [0.25, 0.3) is 0 Å². The molecule has 0 fully saturated rings. The zero-order chi connectivity index (χ0) is 29.2. The number of amides is 2. The van der Waals surface area contributed by atoms with E-state index in [4.69, 9.17) is 22.3 Å². The second-order valence-electron chi connectivity index (χ2n) is 9.51. The Morgan fingerprint density at radius 3 is 2.58 bits per heavy atom. The summed E-state index contributed by atoms with van der Waals surface area (Å²) in [6.07, 6.45) is 5.48. The maximum absolute atomic E-state index is 12.9. The minimum atomic E-state index is -0.142. The van der Waals surface area contributed by atoms with E-state index in [1.807, 2.05) is 42.2 Å². The molecule has 40 heavy (non-hydrogen) atoms. The molecule has 210 valence electrons. The van der Waals surface area contributed by atoms with Gasteiger partial charge < -0.3 is 16.0 Å². The van der Waals surface area contributed by atoms with Crippen molar-refractivity contribution in [3.63, 3.8) is 0 Å². The van der Waals surface area contributed by atoms with Gasteiger partial charge in [-0.05, 0) is 49.1 Å². The lowest BCUT2D eigenvalue weighted by Crippen LogP contribution is -2.45. The van der Waals surface area contributed by atoms with Crippen molar-refractivity contribution < 1.29 is 9.59 Å². The predicted octanol–water partition coefficient (Wildman–Crippen LogP) is 5.19. The summed E-state index contributed by atoms with van der Waals surface area (Å²) in [6.45, 7) is 10.9. The van der Waals surface area contributed by atoms with Crippen LogP contribution in [0.3, 0.4) is 0 Å². The smallest absolute Gasteiger partial charge is 0.219 e. The van der Waals surface area contributed by atoms with Crippen molar-refractivity contribution in [3.8, 4) is 11.3 Å². The monoisotopic (exact) mass is 561 g/mol. The highest BCUT2D eigenvalue weighted by Crippen LogP contribution is 2.38. The van der Waals surface area contributed by atoms with Crippen molar-refractivity contribution in [1.29, 1.82) is 0 Å². The number of benzene rings is 1. The first-order valence-electron chi connectivity index (χ1n) is 13.1. The summed E-state index contributed by atoms with van der Waals surface area (Å²) in [6, 6.07) is 12.8. The van der Waals surface area contributed by atoms with Crippen molar-refractivity contribution in [2.45, 2.75) is 39.2 Å². The number of aromatic nitrogens is 2. The molecule has 0 saturated heterocycles. The molecule has 0 bridgehead atoms. The van der Waals surface area contributed by atoms with E-state index in [0.717, 1.165) is 12.0 Å². The molecule has 0 aliphatic carbocycles. The van der Waals surface area contributed by atoms with E-state index in [2.05, 4.69) is 35.7 Å². The molecule has 0 radical (unpaired) electrons. The molecule has 3 rings (SSSR count). The van der Waals surface area contributed by atoms with Crippen molar-refractivity contribution in [2.24, 2.45) is 4.99 Å². The SMILES string of the molecule is C=CCCN(/C(=N/C)c1cc(Cl)c(-c2cccnc2N)nc1N(C=O)c1ccccc1C(C)C)C(C)CNC=O. The van der Waals surface area contributed by atoms with Gasteiger partial charge in [-0.1, -0.05) is 49.7 Å². The van der Waals surface area contributed by atoms with Gasteiger partial charge in [0.1, 0.15) is 11.7 Å². The lowest BCUT2D eigenvalue weighted by atomic mass is 10.00. The van der Waals surface area contributed by atoms with Crippen LogP contribution in [0.15, 0.2) is 66.3 Å². The minimum Gasteiger partial charge on any atom is -0.383 e. The Morgan fingerprint density at radius 1 is 1.20 bits per heavy atom. The summed E-state index contributed by atoms with van der Waals surface area (Å²) in [5, 5.41) is 3.07. The quantitative estimate of drug-likeness (QED) is 0.128. The van der Waals surface area contributed by atoms with E-state index >= 15 is 0 Å². The molecule has 2 aromatic heterocycles. The summed E-state index contributed by atoms with van der Waals surface area (Å²) in [5.41, 5.74) is 9.35. The minimum absolute atomic E-state index is 0.140. The fourth-order valence-electron chi connectivity index (χ4n) is 4.55. The van der Waals surface area contributed by atoms with E-state index in [1.165, 1.54) is 4.90 Å². The van der Waals surface area contributed by atoms with E-state index in [-0.39, 0.29) is 17.8 Å². The van der Waals surface area contributed by atoms with Crippen LogP contribution in [0.25, 0.3) is 11.3 Å². The number of carbonyl (C=O) groups excluding carboxylic acids is 2. The van der Waals surface area contributed by atoms with Gasteiger partial charge in [0, 0.05) is 37.9 Å². The number of anilines is 3. The van der Waals surface area contributed by atoms with Crippen molar-refractivity contribution in [1.82, 2.24) is 20.2 Å². The molecule has 0 spiro atoms. The largest absolute Gasteiger partial charge is 0.383 e. The van der Waals surface area contributed by atoms with Crippen LogP contribution in [-0.2, 0) is 9.59 Å². The molecule has 2 amide bonds. The number of aliphatic imine (C=N–C) groups is 1. The third-order valence-electron chi connectivity index (χ3n) is 6.53. The van der Waals surface area contributed by atoms with Crippen LogP contribution in [0.1, 0.15) is 44.2 Å². The fraction of sp³-hybridized carbons (Fsp3) is 0.300. The van der Waals surface area contributed by atoms with Gasteiger partial charge in [-0.3, -0.25) is 19.5 Å². The number of carbonyl (C=O) groups is 2. The molecule has 1 aromatic carbocycles. The molecule has 0 aliphatic rings. The maximum Gasteiger partial charge on any atom is 0.219 e. The first-order valence-corrected chi connectivity index (χ1v) is 13.4. The standard InChI is InChI=1S/C30H36ClN7O2/c1-6-7-15-37(21(4)17-34-18-39)29(33-5)24-16-25(31)27(23-12-10-14-35-28(23)32)36-30(24)38(19-40)26-13-9-8-11-22(26)20(2)3/h6,8-14,16,18-21H,1,7,15,17H2,2-5H3,(H2,32,35)(H,34,39)/b33-29+. The number of nitrogens with zero attached hydrogens (tertiary/aromatic N) is 5. The van der Waals surface area contributed by atoms with E-state index in [0.29, 0.717) is 65.1 Å². The normalized spacial score (nSPS) is 12.1. The first-order chi connectivity index (χ1) is 19.3. The van der Waals surface area contributed by atoms with Crippen LogP contribution >= 0.6 is 11.6 Å². The molecule has 9 nitrogen and oxygen atoms in total. The van der Waals surface area contributed by atoms with Crippen LogP contribution in [0, 0.1) is 0 Å². The molecule has 1 unspecified atom stereocenters. The number of amidine groups is 1. The summed E-state index contributed by atoms with van der Waals surface area (Å²) >= 11 is 6.86. The number of pyridine rings is 2. The summed E-state index contributed by atoms with van der Waals surface area (Å²) in [4.78, 5) is 41.3. The highest BCUT2D eigenvalue weighted by molar-refractivity contribution is 6.34. The van der Waals surface area contributed by atoms with Gasteiger partial charge in [-0.15, -0.1) is 6.58 Å². The number of nitrogens with one attached hydrogen (secondary N) is 1. The van der Waals surface area contributed by atoms with Crippen LogP contribution < -0.4 is 16.0 Å². The van der Waals surface area contributed by atoms with Crippen LogP contribution in [-0.4, -0.2) is 59.7 Å². The molecule has 2 heterocycles. The van der Waals surface area contributed by atoms with E-state index in [9.17, 15) is 9.59 Å². The van der Waals surface area contributed by atoms with Gasteiger partial charge in [0.05, 0.1) is 22.0 Å². The van der Waals surface area contributed by atoms with Gasteiger partial charge in [0.2, 0.25) is 12.8 Å². The Balaban J connectivity index is 2.34. The van der Waals surface area contributed by atoms with Crippen LogP contribution in [0.2, 0.25) is 5.02 Å². The Hall–Kier alpha value is -4.24. The van der Waals surface area contributed by atoms with Crippen LogP contribution in [0.5, 0.6) is 0 Å². The molecular weight excluding hydrogens is 526 g/mol. The molecule has 0 saturated carbocycles. The fourth-order valence-corrected chi connectivity index (χ4v) is 4.80. The number of nitrogens with two attached hydrogens (primary N) is 1. The maximum atomic E-state index is 12.9. The van der Waals surface area contributed by atoms with Gasteiger partial charge >= 0.3 is 0 Å². The predicted molar refractivity (Wildman–Crippen MR) is 163 cm³/mol. The Bertz CT molecular complexity index is 1380. The average molecular weight is 562 g/mol. The zero-order valence-electron chi connectivity index (χ0n) is 23.3. The van der Waals surface area contributed by atoms with Crippen molar-refractivity contribution in [2.75, 3.05) is 30.8 Å². The van der Waals surface area contributed by atoms with E-state index < -0.39 is 0 Å². The molecule has 10 heteroatoms. The number of para-hydroxylation sites is 1. The Labute approximate surface area is 240 Å². The number of rotatable bonds is 13. The van der Waals surface area contributed by atoms with Gasteiger partial charge in [-0.2, -0.15) is 0 Å². The number of hydrogen-bond acceptors (Lipinski definition) is 6. The zero-order valence-corrected chi connectivity index (χ0v) is 24.1. The highest BCUT2D eigenvalue weighted by Gasteiger charge is 2.28. The highest BCUT2D eigenvalue weighted by atomic mass is 35.5. The molecular formula is C30H36ClN7O2. The van der Waals surface area contributed by atoms with Crippen molar-refractivity contribution >= 4 is 47.6 Å². The summed E-state index contributed by atoms with van der Waals surface area (Å²) < 4.78 is 0. The van der Waals surface area contributed by atoms with Gasteiger partial charge in [0.15, 0.2) is 5.82 Å². The third-order valence-corrected chi connectivity index (χ3v) is 6.82. The lowest BCUT2D eigenvalue weighted by Gasteiger charge is -2.34. The molecule has 3 N–H and O–H groups in total. The summed E-state index contributed by atoms with van der Waals surface area (Å²) in [7, 11) is 1.67. The second kappa shape index (κ2) is 14.2. The second-order valence-corrected chi connectivity index (χ2v) is 9.92. The number of halogens is 1. The lowest BCUT2D eigenvalue weighted by molar-refractivity contribution is -0.109. The van der Waals surface area contributed by atoms with Crippen LogP contribution in [0.4, 0.5) is 17.3 Å². The molecule has 3 aromatic rings. The molecule has 0 aliphatic heterocycles. The number of hydrogen-bond donors (Lipinski definition) is 2. The molecule has 1 atom stereocenters. The van der Waals surface area contributed by atoms with Crippen molar-refractivity contribution in [3.05, 3.63) is 77.5 Å². The average Bonchev–Trinajstić information content (AvgIpc) is 2.95. The van der Waals surface area contributed by atoms with Gasteiger partial charge in [-0.25, -0.2) is 9.97 Å². The number of nitrogen functional groups attached to an aromatic ring is 1.